The van der Waals surface area contributed by atoms with E-state index in [4.69, 9.17) is 9.15 Å². The van der Waals surface area contributed by atoms with Crippen molar-refractivity contribution in [3.8, 4) is 0 Å². The molecule has 0 spiro atoms. The molecule has 0 N–H and O–H groups in total. The van der Waals surface area contributed by atoms with Crippen molar-refractivity contribution in [2.45, 2.75) is 19.8 Å². The second-order valence-electron chi connectivity index (χ2n) is 4.91. The van der Waals surface area contributed by atoms with Gasteiger partial charge in [-0.3, -0.25) is 4.98 Å². The molecule has 0 radical (unpaired) electrons. The van der Waals surface area contributed by atoms with E-state index in [-0.39, 0.29) is 5.63 Å². The van der Waals surface area contributed by atoms with E-state index in [1.54, 1.807) is 12.3 Å². The third kappa shape index (κ3) is 2.81. The van der Waals surface area contributed by atoms with E-state index in [1.165, 1.54) is 0 Å². The van der Waals surface area contributed by atoms with Gasteiger partial charge in [-0.25, -0.2) is 4.79 Å². The van der Waals surface area contributed by atoms with Gasteiger partial charge in [0.15, 0.2) is 0 Å². The molecular weight excluding hydrogens is 266 g/mol. The van der Waals surface area contributed by atoms with Crippen LogP contribution in [-0.4, -0.2) is 18.2 Å². The minimum absolute atomic E-state index is 0.308. The minimum atomic E-state index is -0.308. The van der Waals surface area contributed by atoms with E-state index in [0.29, 0.717) is 17.6 Å². The number of ether oxygens (including phenoxy) is 1. The Morgan fingerprint density at radius 3 is 2.90 bits per heavy atom. The second-order valence-corrected chi connectivity index (χ2v) is 4.91. The van der Waals surface area contributed by atoms with Crippen molar-refractivity contribution in [2.24, 2.45) is 0 Å². The van der Waals surface area contributed by atoms with Gasteiger partial charge in [0.2, 0.25) is 0 Å². The highest BCUT2D eigenvalue weighted by Gasteiger charge is 2.08. The normalized spacial score (nSPS) is 11.3. The van der Waals surface area contributed by atoms with Crippen LogP contribution in [-0.2, 0) is 11.2 Å². The second kappa shape index (κ2) is 6.06. The van der Waals surface area contributed by atoms with Gasteiger partial charge in [-0.2, -0.15) is 0 Å². The van der Waals surface area contributed by atoms with Gasteiger partial charge < -0.3 is 9.15 Å². The largest absolute Gasteiger partial charge is 0.422 e. The van der Waals surface area contributed by atoms with Gasteiger partial charge in [-0.1, -0.05) is 18.2 Å². The minimum Gasteiger partial charge on any atom is -0.422 e. The summed E-state index contributed by atoms with van der Waals surface area (Å²) in [5.74, 6) is 0. The topological polar surface area (TPSA) is 52.3 Å². The van der Waals surface area contributed by atoms with Gasteiger partial charge in [0.1, 0.15) is 5.58 Å². The van der Waals surface area contributed by atoms with E-state index in [0.717, 1.165) is 35.9 Å². The Labute approximate surface area is 122 Å². The third-order valence-electron chi connectivity index (χ3n) is 3.49. The monoisotopic (exact) mass is 283 g/mol. The van der Waals surface area contributed by atoms with E-state index in [9.17, 15) is 4.79 Å². The van der Waals surface area contributed by atoms with E-state index >= 15 is 0 Å². The maximum Gasteiger partial charge on any atom is 0.344 e. The van der Waals surface area contributed by atoms with Gasteiger partial charge in [0.25, 0.3) is 0 Å². The van der Waals surface area contributed by atoms with Gasteiger partial charge >= 0.3 is 5.63 Å². The Kier molecular flexibility index (Phi) is 3.97. The Bertz CT molecular complexity index is 823. The summed E-state index contributed by atoms with van der Waals surface area (Å²) in [6, 6.07) is 9.35. The first-order valence-electron chi connectivity index (χ1n) is 7.18. The standard InChI is InChI=1S/C17H17NO3/c1-2-20-9-5-6-12-10-14-15(11-18-12)13-7-3-4-8-16(13)21-17(14)19/h3-4,7-8,10-11H,2,5-6,9H2,1H3. The molecule has 0 atom stereocenters. The van der Waals surface area contributed by atoms with Crippen LogP contribution in [0.15, 0.2) is 45.7 Å². The smallest absolute Gasteiger partial charge is 0.344 e. The number of pyridine rings is 1. The van der Waals surface area contributed by atoms with Crippen LogP contribution < -0.4 is 5.63 Å². The Balaban J connectivity index is 2.00. The van der Waals surface area contributed by atoms with Crippen LogP contribution in [0.25, 0.3) is 21.7 Å². The molecular formula is C17H17NO3. The molecule has 0 fully saturated rings. The first-order valence-corrected chi connectivity index (χ1v) is 7.18. The summed E-state index contributed by atoms with van der Waals surface area (Å²) in [5.41, 5.74) is 1.18. The summed E-state index contributed by atoms with van der Waals surface area (Å²) in [7, 11) is 0. The zero-order valence-corrected chi connectivity index (χ0v) is 12.0. The van der Waals surface area contributed by atoms with Crippen LogP contribution in [0.5, 0.6) is 0 Å². The first kappa shape index (κ1) is 13.8. The molecule has 1 aromatic carbocycles. The first-order chi connectivity index (χ1) is 10.3. The van der Waals surface area contributed by atoms with Crippen LogP contribution in [0.4, 0.5) is 0 Å². The highest BCUT2D eigenvalue weighted by atomic mass is 16.5. The average Bonchev–Trinajstić information content (AvgIpc) is 2.52. The molecule has 4 heteroatoms. The molecule has 2 heterocycles. The Hall–Kier alpha value is -2.20. The molecule has 0 aliphatic carbocycles. The van der Waals surface area contributed by atoms with Crippen LogP contribution >= 0.6 is 0 Å². The summed E-state index contributed by atoms with van der Waals surface area (Å²) in [4.78, 5) is 16.6. The van der Waals surface area contributed by atoms with Crippen molar-refractivity contribution in [3.05, 3.63) is 52.6 Å². The molecule has 21 heavy (non-hydrogen) atoms. The van der Waals surface area contributed by atoms with Gasteiger partial charge in [0.05, 0.1) is 5.39 Å². The Morgan fingerprint density at radius 2 is 2.05 bits per heavy atom. The number of hydrogen-bond acceptors (Lipinski definition) is 4. The fourth-order valence-electron chi connectivity index (χ4n) is 2.45. The molecule has 0 saturated carbocycles. The average molecular weight is 283 g/mol. The Morgan fingerprint density at radius 1 is 1.19 bits per heavy atom. The summed E-state index contributed by atoms with van der Waals surface area (Å²) < 4.78 is 10.7. The predicted molar refractivity (Wildman–Crippen MR) is 82.6 cm³/mol. The molecule has 3 aromatic rings. The molecule has 0 bridgehead atoms. The van der Waals surface area contributed by atoms with Crippen LogP contribution in [0, 0.1) is 0 Å². The summed E-state index contributed by atoms with van der Waals surface area (Å²) in [6.07, 6.45) is 3.46. The number of hydrogen-bond donors (Lipinski definition) is 0. The van der Waals surface area contributed by atoms with Gasteiger partial charge in [-0.15, -0.1) is 0 Å². The van der Waals surface area contributed by atoms with Gasteiger partial charge in [-0.05, 0) is 31.9 Å². The highest BCUT2D eigenvalue weighted by molar-refractivity contribution is 6.03. The fraction of sp³-hybridized carbons (Fsp3) is 0.294. The van der Waals surface area contributed by atoms with Gasteiger partial charge in [0, 0.05) is 35.9 Å². The van der Waals surface area contributed by atoms with Crippen molar-refractivity contribution in [2.75, 3.05) is 13.2 Å². The molecule has 108 valence electrons. The van der Waals surface area contributed by atoms with E-state index in [1.807, 2.05) is 31.2 Å². The van der Waals surface area contributed by atoms with Crippen molar-refractivity contribution in [1.29, 1.82) is 0 Å². The number of rotatable bonds is 5. The molecule has 0 aliphatic rings. The summed E-state index contributed by atoms with van der Waals surface area (Å²) >= 11 is 0. The quantitative estimate of drug-likeness (QED) is 0.409. The number of para-hydroxylation sites is 1. The maximum absolute atomic E-state index is 12.1. The zero-order valence-electron chi connectivity index (χ0n) is 12.0. The molecule has 3 rings (SSSR count). The third-order valence-corrected chi connectivity index (χ3v) is 3.49. The number of fused-ring (bicyclic) bond motifs is 3. The van der Waals surface area contributed by atoms with Crippen LogP contribution in [0.2, 0.25) is 0 Å². The van der Waals surface area contributed by atoms with E-state index in [2.05, 4.69) is 4.98 Å². The lowest BCUT2D eigenvalue weighted by Crippen LogP contribution is -2.03. The number of nitrogens with zero attached hydrogens (tertiary/aromatic N) is 1. The van der Waals surface area contributed by atoms with Crippen molar-refractivity contribution in [3.63, 3.8) is 0 Å². The number of aromatic nitrogens is 1. The number of aryl methyl sites for hydroxylation is 1. The summed E-state index contributed by atoms with van der Waals surface area (Å²) in [5, 5.41) is 2.35. The molecule has 0 saturated heterocycles. The van der Waals surface area contributed by atoms with Crippen molar-refractivity contribution in [1.82, 2.24) is 4.98 Å². The maximum atomic E-state index is 12.1. The molecule has 0 aliphatic heterocycles. The highest BCUT2D eigenvalue weighted by Crippen LogP contribution is 2.22. The molecule has 2 aromatic heterocycles. The van der Waals surface area contributed by atoms with Crippen molar-refractivity contribution >= 4 is 21.7 Å². The van der Waals surface area contributed by atoms with Crippen LogP contribution in [0.3, 0.4) is 0 Å². The molecule has 0 unspecified atom stereocenters. The summed E-state index contributed by atoms with van der Waals surface area (Å²) in [6.45, 7) is 3.41. The molecule has 4 nitrogen and oxygen atoms in total. The SMILES string of the molecule is CCOCCCc1cc2c(=O)oc3ccccc3c2cn1. The molecule has 0 amide bonds. The lowest BCUT2D eigenvalue weighted by atomic mass is 10.1. The predicted octanol–water partition coefficient (Wildman–Crippen LogP) is 3.31. The lowest BCUT2D eigenvalue weighted by molar-refractivity contribution is 0.145. The van der Waals surface area contributed by atoms with Crippen LogP contribution in [0.1, 0.15) is 19.0 Å². The van der Waals surface area contributed by atoms with Crippen molar-refractivity contribution < 1.29 is 9.15 Å². The zero-order chi connectivity index (χ0) is 14.7. The fourth-order valence-corrected chi connectivity index (χ4v) is 2.45. The lowest BCUT2D eigenvalue weighted by Gasteiger charge is -2.05. The number of benzene rings is 1. The van der Waals surface area contributed by atoms with E-state index < -0.39 is 0 Å².